The summed E-state index contributed by atoms with van der Waals surface area (Å²) in [6.45, 7) is 3.80. The lowest BCUT2D eigenvalue weighted by Gasteiger charge is -2.22. The molecule has 25 heavy (non-hydrogen) atoms. The smallest absolute Gasteiger partial charge is 0.341 e. The van der Waals surface area contributed by atoms with E-state index in [9.17, 15) is 9.90 Å². The molecule has 1 aromatic carbocycles. The lowest BCUT2D eigenvalue weighted by atomic mass is 10.0. The topological polar surface area (TPSA) is 62.1 Å². The maximum Gasteiger partial charge on any atom is 0.341 e. The fourth-order valence-corrected chi connectivity index (χ4v) is 4.22. The average Bonchev–Trinajstić information content (AvgIpc) is 2.93. The van der Waals surface area contributed by atoms with E-state index in [1.165, 1.54) is 23.6 Å². The normalized spacial score (nSPS) is 14.7. The number of aromatic hydroxyl groups is 1. The molecule has 0 aliphatic carbocycles. The van der Waals surface area contributed by atoms with E-state index in [2.05, 4.69) is 16.9 Å². The molecule has 0 spiro atoms. The SMILES string of the molecule is CCOC(=O)c1c(/N=C/c2cc(Cl)ccc2O)sc2c1CCN(C)C2. The molecule has 0 radical (unpaired) electrons. The Kier molecular flexibility index (Phi) is 5.42. The number of hydrogen-bond donors (Lipinski definition) is 1. The van der Waals surface area contributed by atoms with Gasteiger partial charge in [0.1, 0.15) is 10.8 Å². The molecule has 0 fully saturated rings. The number of phenolic OH excluding ortho intramolecular Hbond substituents is 1. The Bertz CT molecular complexity index is 832. The lowest BCUT2D eigenvalue weighted by molar-refractivity contribution is 0.0526. The molecule has 5 nitrogen and oxygen atoms in total. The summed E-state index contributed by atoms with van der Waals surface area (Å²) in [5.41, 5.74) is 2.09. The van der Waals surface area contributed by atoms with Crippen LogP contribution in [0.5, 0.6) is 5.75 Å². The summed E-state index contributed by atoms with van der Waals surface area (Å²) in [7, 11) is 2.06. The predicted octanol–water partition coefficient (Wildman–Crippen LogP) is 4.02. The van der Waals surface area contributed by atoms with Crippen LogP contribution in [-0.4, -0.2) is 42.4 Å². The van der Waals surface area contributed by atoms with Gasteiger partial charge >= 0.3 is 5.97 Å². The van der Waals surface area contributed by atoms with Gasteiger partial charge in [-0.05, 0) is 44.2 Å². The van der Waals surface area contributed by atoms with E-state index >= 15 is 0 Å². The van der Waals surface area contributed by atoms with Crippen LogP contribution in [0.15, 0.2) is 23.2 Å². The van der Waals surface area contributed by atoms with Crippen molar-refractivity contribution in [2.45, 2.75) is 19.9 Å². The number of likely N-dealkylation sites (N-methyl/N-ethyl adjacent to an activating group) is 1. The Hall–Kier alpha value is -1.89. The van der Waals surface area contributed by atoms with Crippen LogP contribution in [0.1, 0.15) is 33.3 Å². The zero-order valence-electron chi connectivity index (χ0n) is 14.1. The number of carbonyl (C=O) groups is 1. The van der Waals surface area contributed by atoms with Crippen LogP contribution >= 0.6 is 22.9 Å². The highest BCUT2D eigenvalue weighted by Crippen LogP contribution is 2.39. The minimum Gasteiger partial charge on any atom is -0.507 e. The van der Waals surface area contributed by atoms with E-state index in [-0.39, 0.29) is 11.7 Å². The predicted molar refractivity (Wildman–Crippen MR) is 101 cm³/mol. The number of nitrogens with zero attached hydrogens (tertiary/aromatic N) is 2. The summed E-state index contributed by atoms with van der Waals surface area (Å²) in [5.74, 6) is -0.251. The maximum absolute atomic E-state index is 12.4. The number of carbonyl (C=O) groups excluding carboxylic acids is 1. The van der Waals surface area contributed by atoms with E-state index in [0.29, 0.717) is 27.8 Å². The van der Waals surface area contributed by atoms with Gasteiger partial charge in [0.05, 0.1) is 12.2 Å². The van der Waals surface area contributed by atoms with Gasteiger partial charge in [0.2, 0.25) is 0 Å². The third-order valence-electron chi connectivity index (χ3n) is 4.02. The van der Waals surface area contributed by atoms with Crippen molar-refractivity contribution in [3.05, 3.63) is 44.8 Å². The number of halogens is 1. The fourth-order valence-electron chi connectivity index (χ4n) is 2.78. The van der Waals surface area contributed by atoms with Crippen molar-refractivity contribution in [3.63, 3.8) is 0 Å². The van der Waals surface area contributed by atoms with E-state index in [0.717, 1.165) is 30.0 Å². The second-order valence-corrected chi connectivity index (χ2v) is 7.37. The number of aliphatic imine (C=N–C) groups is 1. The standard InChI is InChI=1S/C18H19ClN2O3S/c1-3-24-18(23)16-13-6-7-21(2)10-15(13)25-17(16)20-9-11-8-12(19)4-5-14(11)22/h4-5,8-9,22H,3,6-7,10H2,1-2H3/b20-9+. The van der Waals surface area contributed by atoms with Crippen LogP contribution in [0.2, 0.25) is 5.02 Å². The molecule has 1 aromatic heterocycles. The van der Waals surface area contributed by atoms with Crippen LogP contribution < -0.4 is 0 Å². The highest BCUT2D eigenvalue weighted by molar-refractivity contribution is 7.16. The number of rotatable bonds is 4. The molecule has 132 valence electrons. The number of hydrogen-bond acceptors (Lipinski definition) is 6. The second kappa shape index (κ2) is 7.56. The van der Waals surface area contributed by atoms with Crippen LogP contribution in [0.25, 0.3) is 0 Å². The van der Waals surface area contributed by atoms with Gasteiger partial charge in [-0.1, -0.05) is 11.6 Å². The van der Waals surface area contributed by atoms with Gasteiger partial charge in [-0.25, -0.2) is 9.79 Å². The van der Waals surface area contributed by atoms with Gasteiger partial charge < -0.3 is 14.7 Å². The summed E-state index contributed by atoms with van der Waals surface area (Å²) in [6.07, 6.45) is 2.33. The monoisotopic (exact) mass is 378 g/mol. The average molecular weight is 379 g/mol. The Morgan fingerprint density at radius 2 is 2.32 bits per heavy atom. The molecule has 0 atom stereocenters. The van der Waals surface area contributed by atoms with Gasteiger partial charge in [-0.2, -0.15) is 0 Å². The first kappa shape index (κ1) is 17.9. The Morgan fingerprint density at radius 3 is 3.08 bits per heavy atom. The summed E-state index contributed by atoms with van der Waals surface area (Å²) in [4.78, 5) is 20.3. The molecule has 0 bridgehead atoms. The van der Waals surface area contributed by atoms with Gasteiger partial charge in [0.25, 0.3) is 0 Å². The third kappa shape index (κ3) is 3.86. The zero-order chi connectivity index (χ0) is 18.0. The molecule has 1 aliphatic rings. The van der Waals surface area contributed by atoms with E-state index in [4.69, 9.17) is 16.3 Å². The van der Waals surface area contributed by atoms with Crippen molar-refractivity contribution in [2.75, 3.05) is 20.2 Å². The summed E-state index contributed by atoms with van der Waals surface area (Å²) < 4.78 is 5.22. The number of esters is 1. The van der Waals surface area contributed by atoms with Crippen molar-refractivity contribution in [1.82, 2.24) is 4.90 Å². The Labute approximate surface area is 155 Å². The number of ether oxygens (including phenoxy) is 1. The van der Waals surface area contributed by atoms with Crippen molar-refractivity contribution in [1.29, 1.82) is 0 Å². The molecule has 1 N–H and O–H groups in total. The third-order valence-corrected chi connectivity index (χ3v) is 5.38. The Balaban J connectivity index is 2.01. The van der Waals surface area contributed by atoms with Gasteiger partial charge in [-0.3, -0.25) is 0 Å². The molecule has 7 heteroatoms. The number of phenols is 1. The van der Waals surface area contributed by atoms with Crippen LogP contribution in [-0.2, 0) is 17.7 Å². The molecular weight excluding hydrogens is 360 g/mol. The van der Waals surface area contributed by atoms with Gasteiger partial charge in [0, 0.05) is 34.8 Å². The minimum atomic E-state index is -0.341. The molecule has 0 unspecified atom stereocenters. The van der Waals surface area contributed by atoms with E-state index in [1.807, 2.05) is 0 Å². The van der Waals surface area contributed by atoms with Crippen molar-refractivity contribution < 1.29 is 14.6 Å². The molecule has 0 amide bonds. The lowest BCUT2D eigenvalue weighted by Crippen LogP contribution is -2.26. The van der Waals surface area contributed by atoms with Gasteiger partial charge in [0.15, 0.2) is 0 Å². The first-order valence-electron chi connectivity index (χ1n) is 8.02. The summed E-state index contributed by atoms with van der Waals surface area (Å²) in [5, 5.41) is 11.0. The van der Waals surface area contributed by atoms with Crippen molar-refractivity contribution in [2.24, 2.45) is 4.99 Å². The summed E-state index contributed by atoms with van der Waals surface area (Å²) >= 11 is 7.46. The fraction of sp³-hybridized carbons (Fsp3) is 0.333. The van der Waals surface area contributed by atoms with Crippen molar-refractivity contribution in [3.8, 4) is 5.75 Å². The first-order valence-corrected chi connectivity index (χ1v) is 9.21. The van der Waals surface area contributed by atoms with Crippen LogP contribution in [0.3, 0.4) is 0 Å². The van der Waals surface area contributed by atoms with Crippen LogP contribution in [0, 0.1) is 0 Å². The number of thiophene rings is 1. The van der Waals surface area contributed by atoms with Crippen LogP contribution in [0.4, 0.5) is 5.00 Å². The summed E-state index contributed by atoms with van der Waals surface area (Å²) in [6, 6.07) is 4.76. The molecular formula is C18H19ClN2O3S. The molecule has 2 aromatic rings. The van der Waals surface area contributed by atoms with Gasteiger partial charge in [-0.15, -0.1) is 11.3 Å². The second-order valence-electron chi connectivity index (χ2n) is 5.85. The highest BCUT2D eigenvalue weighted by Gasteiger charge is 2.27. The molecule has 1 aliphatic heterocycles. The highest BCUT2D eigenvalue weighted by atomic mass is 35.5. The number of fused-ring (bicyclic) bond motifs is 1. The molecule has 2 heterocycles. The molecule has 3 rings (SSSR count). The van der Waals surface area contributed by atoms with E-state index in [1.54, 1.807) is 19.1 Å². The van der Waals surface area contributed by atoms with Crippen molar-refractivity contribution >= 4 is 40.1 Å². The Morgan fingerprint density at radius 1 is 1.52 bits per heavy atom. The minimum absolute atomic E-state index is 0.0897. The first-order chi connectivity index (χ1) is 12.0. The largest absolute Gasteiger partial charge is 0.507 e. The maximum atomic E-state index is 12.4. The molecule has 0 saturated carbocycles. The number of benzene rings is 1. The molecule has 0 saturated heterocycles. The van der Waals surface area contributed by atoms with E-state index < -0.39 is 0 Å². The zero-order valence-corrected chi connectivity index (χ0v) is 15.7. The quantitative estimate of drug-likeness (QED) is 0.644.